The number of thiazole rings is 1. The summed E-state index contributed by atoms with van der Waals surface area (Å²) in [7, 11) is 1.57. The van der Waals surface area contributed by atoms with E-state index in [0.29, 0.717) is 5.13 Å². The van der Waals surface area contributed by atoms with Gasteiger partial charge in [0, 0.05) is 11.6 Å². The summed E-state index contributed by atoms with van der Waals surface area (Å²) in [6.07, 6.45) is 2.95. The smallest absolute Gasteiger partial charge is 0.329 e. The van der Waals surface area contributed by atoms with E-state index in [1.54, 1.807) is 36.8 Å². The van der Waals surface area contributed by atoms with Crippen molar-refractivity contribution in [3.05, 3.63) is 41.4 Å². The van der Waals surface area contributed by atoms with E-state index >= 15 is 0 Å². The molecule has 0 aliphatic carbocycles. The molecule has 0 aliphatic rings. The lowest BCUT2D eigenvalue weighted by atomic mass is 10.2. The number of hydrogen-bond acceptors (Lipinski definition) is 6. The fraction of sp³-hybridized carbons (Fsp3) is 0.0769. The van der Waals surface area contributed by atoms with E-state index in [-0.39, 0.29) is 0 Å². The van der Waals surface area contributed by atoms with Gasteiger partial charge in [0.1, 0.15) is 5.75 Å². The van der Waals surface area contributed by atoms with Gasteiger partial charge in [-0.25, -0.2) is 10.4 Å². The molecule has 1 aromatic heterocycles. The van der Waals surface area contributed by atoms with Gasteiger partial charge >= 0.3 is 11.8 Å². The van der Waals surface area contributed by atoms with Crippen LogP contribution in [0.4, 0.5) is 5.13 Å². The lowest BCUT2D eigenvalue weighted by Crippen LogP contribution is -2.32. The van der Waals surface area contributed by atoms with E-state index in [4.69, 9.17) is 4.74 Å². The molecule has 0 fully saturated rings. The van der Waals surface area contributed by atoms with Crippen molar-refractivity contribution in [2.75, 3.05) is 12.4 Å². The Labute approximate surface area is 124 Å². The Hall–Kier alpha value is -2.74. The van der Waals surface area contributed by atoms with Gasteiger partial charge in [-0.3, -0.25) is 14.9 Å². The number of methoxy groups -OCH3 is 1. The molecule has 1 heterocycles. The lowest BCUT2D eigenvalue weighted by molar-refractivity contribution is -0.136. The van der Waals surface area contributed by atoms with E-state index in [2.05, 4.69) is 20.8 Å². The van der Waals surface area contributed by atoms with Crippen LogP contribution in [-0.4, -0.2) is 30.1 Å². The van der Waals surface area contributed by atoms with E-state index in [9.17, 15) is 9.59 Å². The number of carbonyl (C=O) groups is 2. The second kappa shape index (κ2) is 7.15. The number of ether oxygens (including phenoxy) is 1. The number of benzene rings is 1. The molecule has 0 aliphatic heterocycles. The quantitative estimate of drug-likeness (QED) is 0.505. The van der Waals surface area contributed by atoms with Gasteiger partial charge in [0.15, 0.2) is 5.13 Å². The molecule has 21 heavy (non-hydrogen) atoms. The molecule has 0 saturated carbocycles. The first kappa shape index (κ1) is 14.7. The van der Waals surface area contributed by atoms with Crippen LogP contribution in [0.15, 0.2) is 40.9 Å². The minimum Gasteiger partial charge on any atom is -0.497 e. The SMILES string of the molecule is COc1ccc(C=NNC(=O)C(=O)Nc2nccs2)cc1. The van der Waals surface area contributed by atoms with Crippen molar-refractivity contribution in [1.82, 2.24) is 10.4 Å². The maximum Gasteiger partial charge on any atom is 0.329 e. The van der Waals surface area contributed by atoms with Crippen molar-refractivity contribution in [2.24, 2.45) is 5.10 Å². The lowest BCUT2D eigenvalue weighted by Gasteiger charge is -2.00. The number of nitrogens with one attached hydrogen (secondary N) is 2. The zero-order valence-corrected chi connectivity index (χ0v) is 11.9. The van der Waals surface area contributed by atoms with Gasteiger partial charge in [-0.05, 0) is 29.8 Å². The van der Waals surface area contributed by atoms with Crippen LogP contribution in [0.2, 0.25) is 0 Å². The molecule has 0 radical (unpaired) electrons. The zero-order valence-electron chi connectivity index (χ0n) is 11.1. The maximum absolute atomic E-state index is 11.5. The van der Waals surface area contributed by atoms with Crippen molar-refractivity contribution in [3.63, 3.8) is 0 Å². The van der Waals surface area contributed by atoms with Crippen molar-refractivity contribution < 1.29 is 14.3 Å². The number of rotatable bonds is 4. The summed E-state index contributed by atoms with van der Waals surface area (Å²) in [4.78, 5) is 26.8. The molecule has 7 nitrogen and oxygen atoms in total. The predicted molar refractivity (Wildman–Crippen MR) is 79.5 cm³/mol. The van der Waals surface area contributed by atoms with Crippen LogP contribution in [0, 0.1) is 0 Å². The Kier molecular flexibility index (Phi) is 4.99. The summed E-state index contributed by atoms with van der Waals surface area (Å²) < 4.78 is 5.02. The molecule has 0 atom stereocenters. The average molecular weight is 304 g/mol. The molecule has 0 bridgehead atoms. The Bertz CT molecular complexity index is 638. The number of carbonyl (C=O) groups excluding carboxylic acids is 2. The molecule has 0 saturated heterocycles. The van der Waals surface area contributed by atoms with Gasteiger partial charge in [-0.2, -0.15) is 5.10 Å². The zero-order chi connectivity index (χ0) is 15.1. The highest BCUT2D eigenvalue weighted by atomic mass is 32.1. The van der Waals surface area contributed by atoms with Crippen LogP contribution in [0.1, 0.15) is 5.56 Å². The average Bonchev–Trinajstić information content (AvgIpc) is 3.00. The number of hydrogen-bond donors (Lipinski definition) is 2. The molecule has 8 heteroatoms. The van der Waals surface area contributed by atoms with E-state index in [0.717, 1.165) is 11.3 Å². The number of nitrogens with zero attached hydrogens (tertiary/aromatic N) is 2. The Balaban J connectivity index is 1.84. The van der Waals surface area contributed by atoms with Gasteiger partial charge in [-0.1, -0.05) is 0 Å². The van der Waals surface area contributed by atoms with Gasteiger partial charge in [-0.15, -0.1) is 11.3 Å². The fourth-order valence-electron chi connectivity index (χ4n) is 1.35. The molecule has 1 aromatic carbocycles. The van der Waals surface area contributed by atoms with E-state index in [1.807, 2.05) is 0 Å². The summed E-state index contributed by atoms with van der Waals surface area (Å²) in [5, 5.41) is 8.10. The summed E-state index contributed by atoms with van der Waals surface area (Å²) in [6.45, 7) is 0. The summed E-state index contributed by atoms with van der Waals surface area (Å²) in [6, 6.07) is 7.06. The molecule has 108 valence electrons. The Morgan fingerprint density at radius 3 is 2.67 bits per heavy atom. The van der Waals surface area contributed by atoms with Gasteiger partial charge in [0.05, 0.1) is 13.3 Å². The van der Waals surface area contributed by atoms with Gasteiger partial charge in [0.2, 0.25) is 0 Å². The van der Waals surface area contributed by atoms with E-state index < -0.39 is 11.8 Å². The molecule has 2 aromatic rings. The van der Waals surface area contributed by atoms with Crippen LogP contribution < -0.4 is 15.5 Å². The highest BCUT2D eigenvalue weighted by molar-refractivity contribution is 7.13. The second-order valence-electron chi connectivity index (χ2n) is 3.76. The maximum atomic E-state index is 11.5. The van der Waals surface area contributed by atoms with Crippen LogP contribution in [0.5, 0.6) is 5.75 Å². The monoisotopic (exact) mass is 304 g/mol. The number of aromatic nitrogens is 1. The number of anilines is 1. The Morgan fingerprint density at radius 2 is 2.05 bits per heavy atom. The normalized spacial score (nSPS) is 10.3. The van der Waals surface area contributed by atoms with Crippen LogP contribution in [-0.2, 0) is 9.59 Å². The molecule has 2 N–H and O–H groups in total. The topological polar surface area (TPSA) is 92.7 Å². The molecule has 0 unspecified atom stereocenters. The van der Waals surface area contributed by atoms with Crippen LogP contribution in [0.3, 0.4) is 0 Å². The summed E-state index contributed by atoms with van der Waals surface area (Å²) in [5.74, 6) is -0.967. The second-order valence-corrected chi connectivity index (χ2v) is 4.66. The highest BCUT2D eigenvalue weighted by Crippen LogP contribution is 2.10. The van der Waals surface area contributed by atoms with Crippen LogP contribution >= 0.6 is 11.3 Å². The number of hydrazone groups is 1. The fourth-order valence-corrected chi connectivity index (χ4v) is 1.87. The van der Waals surface area contributed by atoms with E-state index in [1.165, 1.54) is 23.7 Å². The largest absolute Gasteiger partial charge is 0.497 e. The standard InChI is InChI=1S/C13H12N4O3S/c1-20-10-4-2-9(3-5-10)8-15-17-12(19)11(18)16-13-14-6-7-21-13/h2-8H,1H3,(H,17,19)(H,14,16,18). The number of amides is 2. The molecule has 2 amide bonds. The van der Waals surface area contributed by atoms with Crippen LogP contribution in [0.25, 0.3) is 0 Å². The van der Waals surface area contributed by atoms with Crippen molar-refractivity contribution >= 4 is 34.5 Å². The van der Waals surface area contributed by atoms with Crippen molar-refractivity contribution in [3.8, 4) is 5.75 Å². The third-order valence-electron chi connectivity index (χ3n) is 2.35. The molecule has 0 spiro atoms. The third-order valence-corrected chi connectivity index (χ3v) is 3.04. The first-order chi connectivity index (χ1) is 10.2. The van der Waals surface area contributed by atoms with Crippen molar-refractivity contribution in [1.29, 1.82) is 0 Å². The minimum absolute atomic E-state index is 0.356. The first-order valence-electron chi connectivity index (χ1n) is 5.87. The summed E-state index contributed by atoms with van der Waals surface area (Å²) >= 11 is 1.22. The summed E-state index contributed by atoms with van der Waals surface area (Å²) in [5.41, 5.74) is 2.90. The third kappa shape index (κ3) is 4.39. The van der Waals surface area contributed by atoms with Crippen molar-refractivity contribution in [2.45, 2.75) is 0 Å². The Morgan fingerprint density at radius 1 is 1.29 bits per heavy atom. The molecule has 2 rings (SSSR count). The van der Waals surface area contributed by atoms with Gasteiger partial charge in [0.25, 0.3) is 0 Å². The predicted octanol–water partition coefficient (Wildman–Crippen LogP) is 1.24. The minimum atomic E-state index is -0.866. The molecular formula is C13H12N4O3S. The molecular weight excluding hydrogens is 292 g/mol. The highest BCUT2D eigenvalue weighted by Gasteiger charge is 2.13. The van der Waals surface area contributed by atoms with Gasteiger partial charge < -0.3 is 4.74 Å². The first-order valence-corrected chi connectivity index (χ1v) is 6.75.